The quantitative estimate of drug-likeness (QED) is 0.930. The molecular formula is C15H15N3O4. The molecule has 1 aliphatic rings. The molecule has 2 heterocycles. The molecule has 0 atom stereocenters. The maximum absolute atomic E-state index is 11.9. The van der Waals surface area contributed by atoms with Gasteiger partial charge in [-0.3, -0.25) is 4.68 Å². The second-order valence-corrected chi connectivity index (χ2v) is 5.09. The fraction of sp³-hybridized carbons (Fsp3) is 0.267. The van der Waals surface area contributed by atoms with Crippen molar-refractivity contribution in [3.8, 4) is 0 Å². The van der Waals surface area contributed by atoms with Crippen LogP contribution in [0.5, 0.6) is 0 Å². The van der Waals surface area contributed by atoms with Crippen LogP contribution in [0.2, 0.25) is 0 Å². The van der Waals surface area contributed by atoms with Crippen molar-refractivity contribution in [1.82, 2.24) is 14.7 Å². The molecule has 0 saturated carbocycles. The Kier molecular flexibility index (Phi) is 3.78. The molecule has 0 radical (unpaired) electrons. The number of nitrogens with zero attached hydrogens (tertiary/aromatic N) is 3. The molecule has 114 valence electrons. The highest BCUT2D eigenvalue weighted by Gasteiger charge is 2.33. The van der Waals surface area contributed by atoms with Crippen molar-refractivity contribution >= 4 is 12.1 Å². The summed E-state index contributed by atoms with van der Waals surface area (Å²) in [5.74, 6) is -1.06. The first-order valence-electron chi connectivity index (χ1n) is 6.87. The minimum atomic E-state index is -1.06. The van der Waals surface area contributed by atoms with Gasteiger partial charge in [-0.2, -0.15) is 5.10 Å². The van der Waals surface area contributed by atoms with Gasteiger partial charge in [0.15, 0.2) is 5.69 Å². The Labute approximate surface area is 126 Å². The van der Waals surface area contributed by atoms with E-state index in [1.165, 1.54) is 6.07 Å². The minimum absolute atomic E-state index is 0.00243. The van der Waals surface area contributed by atoms with Gasteiger partial charge in [-0.25, -0.2) is 9.59 Å². The van der Waals surface area contributed by atoms with Gasteiger partial charge < -0.3 is 14.7 Å². The number of carbonyl (C=O) groups excluding carboxylic acids is 1. The van der Waals surface area contributed by atoms with Crippen molar-refractivity contribution in [1.29, 1.82) is 0 Å². The predicted molar refractivity (Wildman–Crippen MR) is 76.4 cm³/mol. The minimum Gasteiger partial charge on any atom is -0.476 e. The van der Waals surface area contributed by atoms with Crippen LogP contribution >= 0.6 is 0 Å². The zero-order valence-corrected chi connectivity index (χ0v) is 11.8. The Morgan fingerprint density at radius 2 is 1.95 bits per heavy atom. The van der Waals surface area contributed by atoms with Crippen LogP contribution in [0.25, 0.3) is 0 Å². The summed E-state index contributed by atoms with van der Waals surface area (Å²) in [7, 11) is 0. The number of aromatic carboxylic acids is 1. The average Bonchev–Trinajstić information content (AvgIpc) is 2.94. The molecule has 3 rings (SSSR count). The van der Waals surface area contributed by atoms with Crippen LogP contribution < -0.4 is 0 Å². The number of carboxylic acids is 1. The molecule has 0 bridgehead atoms. The van der Waals surface area contributed by atoms with Gasteiger partial charge in [-0.1, -0.05) is 30.3 Å². The summed E-state index contributed by atoms with van der Waals surface area (Å²) in [5.41, 5.74) is 0.941. The fourth-order valence-electron chi connectivity index (χ4n) is 2.24. The summed E-state index contributed by atoms with van der Waals surface area (Å²) >= 11 is 0. The smallest absolute Gasteiger partial charge is 0.410 e. The number of rotatable bonds is 4. The number of carbonyl (C=O) groups is 2. The Hall–Kier alpha value is -2.83. The summed E-state index contributed by atoms with van der Waals surface area (Å²) in [5, 5.41) is 12.8. The molecule has 1 saturated heterocycles. The molecule has 1 aromatic carbocycles. The maximum atomic E-state index is 11.9. The van der Waals surface area contributed by atoms with E-state index in [4.69, 9.17) is 9.84 Å². The van der Waals surface area contributed by atoms with Crippen LogP contribution in [0.1, 0.15) is 22.1 Å². The first-order valence-corrected chi connectivity index (χ1v) is 6.87. The Morgan fingerprint density at radius 1 is 1.23 bits per heavy atom. The van der Waals surface area contributed by atoms with Crippen LogP contribution in [-0.2, 0) is 11.3 Å². The Morgan fingerprint density at radius 3 is 2.59 bits per heavy atom. The van der Waals surface area contributed by atoms with E-state index in [-0.39, 0.29) is 24.4 Å². The van der Waals surface area contributed by atoms with Gasteiger partial charge in [-0.15, -0.1) is 0 Å². The standard InChI is InChI=1S/C15H15N3O4/c19-14(20)13-6-7-18(16-13)12-8-17(9-12)15(21)22-10-11-4-2-1-3-5-11/h1-7,12H,8-10H2,(H,19,20). The highest BCUT2D eigenvalue weighted by Crippen LogP contribution is 2.21. The third-order valence-corrected chi connectivity index (χ3v) is 3.53. The molecule has 2 aromatic rings. The van der Waals surface area contributed by atoms with E-state index in [0.29, 0.717) is 13.1 Å². The monoisotopic (exact) mass is 301 g/mol. The first kappa shape index (κ1) is 14.1. The van der Waals surface area contributed by atoms with Gasteiger partial charge in [0.1, 0.15) is 6.61 Å². The molecule has 7 heteroatoms. The molecule has 1 aromatic heterocycles. The van der Waals surface area contributed by atoms with Crippen molar-refractivity contribution in [3.05, 3.63) is 53.9 Å². The van der Waals surface area contributed by atoms with Crippen LogP contribution in [0, 0.1) is 0 Å². The van der Waals surface area contributed by atoms with E-state index in [0.717, 1.165) is 5.56 Å². The number of benzene rings is 1. The van der Waals surface area contributed by atoms with Crippen LogP contribution in [0.15, 0.2) is 42.6 Å². The maximum Gasteiger partial charge on any atom is 0.410 e. The highest BCUT2D eigenvalue weighted by atomic mass is 16.6. The summed E-state index contributed by atoms with van der Waals surface area (Å²) in [4.78, 5) is 24.2. The van der Waals surface area contributed by atoms with E-state index < -0.39 is 5.97 Å². The average molecular weight is 301 g/mol. The normalized spacial score (nSPS) is 14.5. The van der Waals surface area contributed by atoms with Gasteiger partial charge in [-0.05, 0) is 11.6 Å². The number of ether oxygens (including phenoxy) is 1. The molecule has 1 aliphatic heterocycles. The molecule has 7 nitrogen and oxygen atoms in total. The van der Waals surface area contributed by atoms with Gasteiger partial charge in [0.05, 0.1) is 6.04 Å². The summed E-state index contributed by atoms with van der Waals surface area (Å²) in [6.07, 6.45) is 1.24. The number of aromatic nitrogens is 2. The second-order valence-electron chi connectivity index (χ2n) is 5.09. The predicted octanol–water partition coefficient (Wildman–Crippen LogP) is 1.77. The zero-order chi connectivity index (χ0) is 15.5. The largest absolute Gasteiger partial charge is 0.476 e. The van der Waals surface area contributed by atoms with Gasteiger partial charge in [0, 0.05) is 19.3 Å². The lowest BCUT2D eigenvalue weighted by Crippen LogP contribution is -2.51. The molecule has 1 fully saturated rings. The van der Waals surface area contributed by atoms with E-state index in [1.54, 1.807) is 15.8 Å². The molecule has 0 aliphatic carbocycles. The van der Waals surface area contributed by atoms with Gasteiger partial charge >= 0.3 is 12.1 Å². The summed E-state index contributed by atoms with van der Waals surface area (Å²) in [6, 6.07) is 10.9. The van der Waals surface area contributed by atoms with E-state index in [1.807, 2.05) is 30.3 Å². The molecule has 0 unspecified atom stereocenters. The van der Waals surface area contributed by atoms with E-state index in [9.17, 15) is 9.59 Å². The van der Waals surface area contributed by atoms with Gasteiger partial charge in [0.25, 0.3) is 0 Å². The number of likely N-dealkylation sites (tertiary alicyclic amines) is 1. The first-order chi connectivity index (χ1) is 10.6. The zero-order valence-electron chi connectivity index (χ0n) is 11.8. The number of hydrogen-bond donors (Lipinski definition) is 1. The molecule has 22 heavy (non-hydrogen) atoms. The Balaban J connectivity index is 1.48. The summed E-state index contributed by atoms with van der Waals surface area (Å²) < 4.78 is 6.80. The molecular weight excluding hydrogens is 286 g/mol. The van der Waals surface area contributed by atoms with Crippen LogP contribution in [0.4, 0.5) is 4.79 Å². The molecule has 1 amide bonds. The Bertz CT molecular complexity index is 677. The third kappa shape index (κ3) is 2.93. The van der Waals surface area contributed by atoms with E-state index in [2.05, 4.69) is 5.10 Å². The van der Waals surface area contributed by atoms with Crippen LogP contribution in [0.3, 0.4) is 0 Å². The SMILES string of the molecule is O=C(O)c1ccn(C2CN(C(=O)OCc3ccccc3)C2)n1. The van der Waals surface area contributed by atoms with E-state index >= 15 is 0 Å². The lowest BCUT2D eigenvalue weighted by Gasteiger charge is -2.38. The summed E-state index contributed by atoms with van der Waals surface area (Å²) in [6.45, 7) is 1.18. The second kappa shape index (κ2) is 5.88. The van der Waals surface area contributed by atoms with Crippen molar-refractivity contribution in [2.45, 2.75) is 12.6 Å². The number of amides is 1. The van der Waals surface area contributed by atoms with Crippen LogP contribution in [-0.4, -0.2) is 44.9 Å². The highest BCUT2D eigenvalue weighted by molar-refractivity contribution is 5.85. The van der Waals surface area contributed by atoms with Crippen molar-refractivity contribution in [2.75, 3.05) is 13.1 Å². The topological polar surface area (TPSA) is 84.7 Å². The fourth-order valence-corrected chi connectivity index (χ4v) is 2.24. The molecule has 0 spiro atoms. The number of carboxylic acid groups (broad SMARTS) is 1. The molecule has 1 N–H and O–H groups in total. The lowest BCUT2D eigenvalue weighted by molar-refractivity contribution is 0.0490. The van der Waals surface area contributed by atoms with Crippen molar-refractivity contribution < 1.29 is 19.4 Å². The lowest BCUT2D eigenvalue weighted by atomic mass is 10.1. The number of hydrogen-bond acceptors (Lipinski definition) is 4. The third-order valence-electron chi connectivity index (χ3n) is 3.53. The van der Waals surface area contributed by atoms with Crippen molar-refractivity contribution in [3.63, 3.8) is 0 Å². The van der Waals surface area contributed by atoms with Crippen molar-refractivity contribution in [2.24, 2.45) is 0 Å². The van der Waals surface area contributed by atoms with Gasteiger partial charge in [0.2, 0.25) is 0 Å².